The first-order valence-electron chi connectivity index (χ1n) is 18.2. The lowest BCUT2D eigenvalue weighted by atomic mass is 10.0. The van der Waals surface area contributed by atoms with E-state index in [1.165, 1.54) is 78.9 Å². The second-order valence-electron chi connectivity index (χ2n) is 13.5. The van der Waals surface area contributed by atoms with Gasteiger partial charge in [0.15, 0.2) is 40.7 Å². The van der Waals surface area contributed by atoms with E-state index in [1.807, 2.05) is 0 Å². The van der Waals surface area contributed by atoms with Gasteiger partial charge in [0.25, 0.3) is 0 Å². The first kappa shape index (κ1) is 43.4. The molecule has 1 heterocycles. The summed E-state index contributed by atoms with van der Waals surface area (Å²) in [5.41, 5.74) is -5.11. The lowest BCUT2D eigenvalue weighted by Crippen LogP contribution is -2.21. The van der Waals surface area contributed by atoms with Gasteiger partial charge >= 0.3 is 5.97 Å². The third-order valence-corrected chi connectivity index (χ3v) is 10.7. The molecule has 0 radical (unpaired) electrons. The highest BCUT2D eigenvalue weighted by Gasteiger charge is 2.34. The normalized spacial score (nSPS) is 12.9. The van der Waals surface area contributed by atoms with Crippen LogP contribution in [0.5, 0.6) is 0 Å². The van der Waals surface area contributed by atoms with Crippen molar-refractivity contribution in [2.75, 3.05) is 9.80 Å². The molecule has 63 heavy (non-hydrogen) atoms. The van der Waals surface area contributed by atoms with Crippen molar-refractivity contribution in [3.63, 3.8) is 0 Å². The van der Waals surface area contributed by atoms with Crippen LogP contribution < -0.4 is 9.80 Å². The van der Waals surface area contributed by atoms with Crippen molar-refractivity contribution in [2.24, 2.45) is 0 Å². The van der Waals surface area contributed by atoms with Gasteiger partial charge in [-0.2, -0.15) is 5.26 Å². The molecule has 0 unspecified atom stereocenters. The maximum Gasteiger partial charge on any atom is 0.346 e. The summed E-state index contributed by atoms with van der Waals surface area (Å²) >= 11 is 0.834. The monoisotopic (exact) mass is 885 g/mol. The summed E-state index contributed by atoms with van der Waals surface area (Å²) in [5.74, 6) is -21.5. The lowest BCUT2D eigenvalue weighted by Gasteiger charge is -2.32. The van der Waals surface area contributed by atoms with Crippen LogP contribution in [0.1, 0.15) is 11.8 Å². The SMILES string of the molecule is C\C(F)=C(F)/C(=C(F)\C(F)=C\F)N(c1cc(-c2ccc(/C=C(/C#N)C(=O)O)s2)cc(N(c2c(F)c(F)c(F)c(F)c2F)c2cccc3ccccc23)c1)c1cccc2ccccc12. The Balaban J connectivity index is 1.69. The summed E-state index contributed by atoms with van der Waals surface area (Å²) in [6, 6.07) is 28.7. The smallest absolute Gasteiger partial charge is 0.346 e. The van der Waals surface area contributed by atoms with Crippen molar-refractivity contribution in [1.29, 1.82) is 5.26 Å². The molecule has 0 amide bonds. The maximum absolute atomic E-state index is 16.3. The Bertz CT molecular complexity index is 3130. The highest BCUT2D eigenvalue weighted by molar-refractivity contribution is 7.16. The molecule has 0 saturated heterocycles. The fourth-order valence-electron chi connectivity index (χ4n) is 6.86. The third kappa shape index (κ3) is 8.13. The second kappa shape index (κ2) is 17.8. The van der Waals surface area contributed by atoms with E-state index in [1.54, 1.807) is 36.4 Å². The van der Waals surface area contributed by atoms with E-state index >= 15 is 35.1 Å². The lowest BCUT2D eigenvalue weighted by molar-refractivity contribution is -0.132. The number of carboxylic acid groups (broad SMARTS) is 1. The van der Waals surface area contributed by atoms with Crippen LogP contribution in [0.2, 0.25) is 0 Å². The highest BCUT2D eigenvalue weighted by Crippen LogP contribution is 2.49. The van der Waals surface area contributed by atoms with E-state index in [4.69, 9.17) is 0 Å². The third-order valence-electron chi connectivity index (χ3n) is 9.64. The molecule has 1 N–H and O–H groups in total. The number of nitriles is 1. The minimum absolute atomic E-state index is 0.0528. The number of nitrogens with zero attached hydrogens (tertiary/aromatic N) is 3. The summed E-state index contributed by atoms with van der Waals surface area (Å²) in [5, 5.41) is 20.1. The van der Waals surface area contributed by atoms with E-state index in [2.05, 4.69) is 0 Å². The summed E-state index contributed by atoms with van der Waals surface area (Å²) in [6.45, 7) is 0.571. The van der Waals surface area contributed by atoms with Crippen LogP contribution in [0.15, 0.2) is 156 Å². The van der Waals surface area contributed by atoms with Gasteiger partial charge in [-0.25, -0.2) is 48.7 Å². The van der Waals surface area contributed by atoms with Gasteiger partial charge in [0, 0.05) is 31.9 Å². The van der Waals surface area contributed by atoms with Crippen LogP contribution >= 0.6 is 11.3 Å². The van der Waals surface area contributed by atoms with Crippen LogP contribution in [0.25, 0.3) is 38.1 Å². The quantitative estimate of drug-likeness (QED) is 0.0350. The number of hydrogen-bond acceptors (Lipinski definition) is 5. The molecule has 7 rings (SSSR count). The van der Waals surface area contributed by atoms with Gasteiger partial charge in [0.2, 0.25) is 5.82 Å². The van der Waals surface area contributed by atoms with Gasteiger partial charge in [-0.3, -0.25) is 0 Å². The zero-order valence-corrected chi connectivity index (χ0v) is 32.8. The molecule has 0 atom stereocenters. The molecule has 0 aliphatic carbocycles. The Hall–Kier alpha value is -7.64. The minimum Gasteiger partial charge on any atom is -0.477 e. The van der Waals surface area contributed by atoms with Crippen LogP contribution in [-0.2, 0) is 4.79 Å². The average Bonchev–Trinajstić information content (AvgIpc) is 3.77. The van der Waals surface area contributed by atoms with Gasteiger partial charge in [-0.05, 0) is 71.8 Å². The summed E-state index contributed by atoms with van der Waals surface area (Å²) in [4.78, 5) is 13.3. The van der Waals surface area contributed by atoms with Crippen LogP contribution in [0.3, 0.4) is 0 Å². The molecule has 6 aromatic carbocycles. The molecular weight excluding hydrogens is 861 g/mol. The van der Waals surface area contributed by atoms with Crippen molar-refractivity contribution in [3.8, 4) is 16.5 Å². The largest absolute Gasteiger partial charge is 0.477 e. The maximum atomic E-state index is 16.3. The number of carbonyl (C=O) groups is 1. The highest BCUT2D eigenvalue weighted by atomic mass is 32.1. The Morgan fingerprint density at radius 3 is 1.79 bits per heavy atom. The number of hydrogen-bond donors (Lipinski definition) is 1. The van der Waals surface area contributed by atoms with E-state index in [9.17, 15) is 23.9 Å². The number of halogens is 10. The number of benzene rings is 6. The molecule has 7 aromatic rings. The molecule has 0 fully saturated rings. The molecule has 1 aromatic heterocycles. The van der Waals surface area contributed by atoms with Gasteiger partial charge < -0.3 is 14.9 Å². The topological polar surface area (TPSA) is 67.6 Å². The standard InChI is InChI=1S/C47H25F10N3O2S/c1-24(49)38(51)45(39(52)34(50)22-48)59(35-14-6-10-25-8-2-4-12-32(25)35)29-18-27(37-17-16-31(63-37)20-28(23-58)47(61)62)19-30(21-29)60(36-15-7-11-26-9-3-5-13-33(26)36)46-43(56)41(54)40(53)42(55)44(46)57/h2-22H,1H3,(H,61,62)/b28-20-,34-22-,38-24-,45-39-. The Morgan fingerprint density at radius 2 is 1.22 bits per heavy atom. The van der Waals surface area contributed by atoms with E-state index < -0.39 is 93.0 Å². The molecule has 0 aliphatic heterocycles. The van der Waals surface area contributed by atoms with E-state index in [-0.39, 0.29) is 37.5 Å². The number of carboxylic acids is 1. The van der Waals surface area contributed by atoms with Gasteiger partial charge in [-0.15, -0.1) is 11.3 Å². The van der Waals surface area contributed by atoms with Crippen molar-refractivity contribution in [3.05, 3.63) is 190 Å². The second-order valence-corrected chi connectivity index (χ2v) is 14.6. The minimum atomic E-state index is -2.47. The summed E-state index contributed by atoms with van der Waals surface area (Å²) < 4.78 is 154. The van der Waals surface area contributed by atoms with E-state index in [0.29, 0.717) is 27.5 Å². The van der Waals surface area contributed by atoms with Gasteiger partial charge in [0.05, 0.1) is 11.4 Å². The molecular formula is C47H25F10N3O2S. The Morgan fingerprint density at radius 1 is 0.683 bits per heavy atom. The molecule has 0 bridgehead atoms. The molecule has 0 aliphatic rings. The predicted octanol–water partition coefficient (Wildman–Crippen LogP) is 15.1. The fraction of sp³-hybridized carbons (Fsp3) is 0.0213. The van der Waals surface area contributed by atoms with Crippen LogP contribution in [-0.4, -0.2) is 11.1 Å². The summed E-state index contributed by atoms with van der Waals surface area (Å²) in [6.07, 6.45) is 0.186. The number of thiophene rings is 1. The zero-order valence-electron chi connectivity index (χ0n) is 32.0. The fourth-order valence-corrected chi connectivity index (χ4v) is 7.79. The number of rotatable bonds is 11. The molecule has 0 saturated carbocycles. The number of fused-ring (bicyclic) bond motifs is 2. The first-order valence-corrected chi connectivity index (χ1v) is 19.0. The molecule has 0 spiro atoms. The Kier molecular flexibility index (Phi) is 12.2. The van der Waals surface area contributed by atoms with Gasteiger partial charge in [-0.1, -0.05) is 72.8 Å². The van der Waals surface area contributed by atoms with Crippen molar-refractivity contribution < 1.29 is 53.8 Å². The van der Waals surface area contributed by atoms with Crippen molar-refractivity contribution >= 4 is 73.4 Å². The van der Waals surface area contributed by atoms with Crippen LogP contribution in [0, 0.1) is 40.4 Å². The first-order chi connectivity index (χ1) is 30.2. The molecule has 16 heteroatoms. The zero-order chi connectivity index (χ0) is 45.3. The Labute approximate surface area is 354 Å². The van der Waals surface area contributed by atoms with Crippen LogP contribution in [0.4, 0.5) is 72.3 Å². The van der Waals surface area contributed by atoms with Crippen molar-refractivity contribution in [2.45, 2.75) is 6.92 Å². The number of allylic oxidation sites excluding steroid dienone is 4. The number of aliphatic carboxylic acids is 1. The average molecular weight is 886 g/mol. The predicted molar refractivity (Wildman–Crippen MR) is 222 cm³/mol. The summed E-state index contributed by atoms with van der Waals surface area (Å²) in [7, 11) is 0. The van der Waals surface area contributed by atoms with Crippen molar-refractivity contribution in [1.82, 2.24) is 0 Å². The molecule has 5 nitrogen and oxygen atoms in total. The van der Waals surface area contributed by atoms with E-state index in [0.717, 1.165) is 23.5 Å². The number of anilines is 5. The molecule has 316 valence electrons. The van der Waals surface area contributed by atoms with Gasteiger partial charge in [0.1, 0.15) is 35.2 Å².